The quantitative estimate of drug-likeness (QED) is 0.551. The molecule has 1 rings (SSSR count). The van der Waals surface area contributed by atoms with Crippen molar-refractivity contribution >= 4 is 11.9 Å². The summed E-state index contributed by atoms with van der Waals surface area (Å²) >= 11 is 0. The number of rotatable bonds is 7. The second-order valence-corrected chi connectivity index (χ2v) is 4.62. The molecule has 0 heterocycles. The maximum atomic E-state index is 11.7. The van der Waals surface area contributed by atoms with Gasteiger partial charge < -0.3 is 15.2 Å². The topological polar surface area (TPSA) is 78.6 Å². The summed E-state index contributed by atoms with van der Waals surface area (Å²) in [5.41, 5.74) is 5.21. The zero-order valence-corrected chi connectivity index (χ0v) is 10.9. The second kappa shape index (κ2) is 8.91. The number of ether oxygens (including phenoxy) is 2. The number of nitrogens with two attached hydrogens (primary N) is 1. The van der Waals surface area contributed by atoms with Crippen LogP contribution < -0.4 is 5.73 Å². The minimum absolute atomic E-state index is 0.0820. The Labute approximate surface area is 108 Å². The molecule has 0 unspecified atom stereocenters. The molecule has 0 aromatic carbocycles. The van der Waals surface area contributed by atoms with E-state index in [1.807, 2.05) is 0 Å². The molecule has 0 saturated heterocycles. The van der Waals surface area contributed by atoms with Crippen LogP contribution in [0.3, 0.4) is 0 Å². The lowest BCUT2D eigenvalue weighted by molar-refractivity contribution is -0.150. The lowest BCUT2D eigenvalue weighted by atomic mass is 9.89. The van der Waals surface area contributed by atoms with Crippen LogP contribution in [0.5, 0.6) is 0 Å². The van der Waals surface area contributed by atoms with Crippen molar-refractivity contribution in [3.8, 4) is 0 Å². The molecule has 0 aliphatic heterocycles. The summed E-state index contributed by atoms with van der Waals surface area (Å²) < 4.78 is 10.1. The van der Waals surface area contributed by atoms with Crippen LogP contribution in [-0.2, 0) is 19.1 Å². The molecule has 0 atom stereocenters. The van der Waals surface area contributed by atoms with Crippen LogP contribution in [0, 0.1) is 5.92 Å². The fraction of sp³-hybridized carbons (Fsp3) is 0.846. The van der Waals surface area contributed by atoms with Crippen LogP contribution in [0.4, 0.5) is 0 Å². The first kappa shape index (κ1) is 15.0. The van der Waals surface area contributed by atoms with Crippen molar-refractivity contribution in [1.29, 1.82) is 0 Å². The van der Waals surface area contributed by atoms with Crippen LogP contribution in [0.2, 0.25) is 0 Å². The lowest BCUT2D eigenvalue weighted by Crippen LogP contribution is -2.21. The molecule has 5 heteroatoms. The third-order valence-corrected chi connectivity index (χ3v) is 3.08. The fourth-order valence-electron chi connectivity index (χ4n) is 2.06. The maximum absolute atomic E-state index is 11.7. The van der Waals surface area contributed by atoms with Crippen molar-refractivity contribution in [3.63, 3.8) is 0 Å². The summed E-state index contributed by atoms with van der Waals surface area (Å²) in [5, 5.41) is 0. The van der Waals surface area contributed by atoms with Gasteiger partial charge >= 0.3 is 11.9 Å². The van der Waals surface area contributed by atoms with Gasteiger partial charge in [-0.25, -0.2) is 0 Å². The largest absolute Gasteiger partial charge is 0.466 e. The summed E-state index contributed by atoms with van der Waals surface area (Å²) in [6.07, 6.45) is 6.15. The zero-order chi connectivity index (χ0) is 13.2. The normalized spacial score (nSPS) is 16.3. The Morgan fingerprint density at radius 1 is 1.06 bits per heavy atom. The van der Waals surface area contributed by atoms with E-state index in [0.29, 0.717) is 19.6 Å². The average molecular weight is 257 g/mol. The molecule has 0 radical (unpaired) electrons. The van der Waals surface area contributed by atoms with Crippen molar-refractivity contribution in [2.75, 3.05) is 19.8 Å². The first-order chi connectivity index (χ1) is 8.74. The lowest BCUT2D eigenvalue weighted by Gasteiger charge is -2.19. The van der Waals surface area contributed by atoms with E-state index in [1.165, 1.54) is 6.42 Å². The molecule has 1 fully saturated rings. The van der Waals surface area contributed by atoms with Gasteiger partial charge in [-0.2, -0.15) is 0 Å². The number of esters is 2. The molecule has 2 N–H and O–H groups in total. The van der Waals surface area contributed by atoms with E-state index in [2.05, 4.69) is 0 Å². The molecule has 1 saturated carbocycles. The smallest absolute Gasteiger partial charge is 0.308 e. The highest BCUT2D eigenvalue weighted by molar-refractivity contribution is 5.72. The van der Waals surface area contributed by atoms with Gasteiger partial charge in [-0.3, -0.25) is 9.59 Å². The molecule has 0 bridgehead atoms. The van der Waals surface area contributed by atoms with E-state index in [9.17, 15) is 9.59 Å². The Balaban J connectivity index is 2.00. The van der Waals surface area contributed by atoms with Crippen molar-refractivity contribution in [2.45, 2.75) is 44.9 Å². The van der Waals surface area contributed by atoms with Crippen LogP contribution in [0.1, 0.15) is 44.9 Å². The van der Waals surface area contributed by atoms with Crippen molar-refractivity contribution in [3.05, 3.63) is 0 Å². The number of hydrogen-bond acceptors (Lipinski definition) is 5. The molecule has 0 spiro atoms. The molecule has 0 aromatic rings. The minimum Gasteiger partial charge on any atom is -0.466 e. The number of carbonyl (C=O) groups is 2. The van der Waals surface area contributed by atoms with Gasteiger partial charge in [-0.05, 0) is 12.8 Å². The molecule has 5 nitrogen and oxygen atoms in total. The minimum atomic E-state index is -0.295. The second-order valence-electron chi connectivity index (χ2n) is 4.62. The van der Waals surface area contributed by atoms with E-state index in [-0.39, 0.29) is 30.9 Å². The van der Waals surface area contributed by atoms with Gasteiger partial charge in [0, 0.05) is 13.0 Å². The Kier molecular flexibility index (Phi) is 7.41. The van der Waals surface area contributed by atoms with Gasteiger partial charge in [0.2, 0.25) is 0 Å². The Morgan fingerprint density at radius 2 is 1.72 bits per heavy atom. The molecule has 1 aliphatic carbocycles. The van der Waals surface area contributed by atoms with Gasteiger partial charge in [0.15, 0.2) is 0 Å². The van der Waals surface area contributed by atoms with Crippen molar-refractivity contribution < 1.29 is 19.1 Å². The van der Waals surface area contributed by atoms with E-state index in [0.717, 1.165) is 25.7 Å². The van der Waals surface area contributed by atoms with Crippen LogP contribution in [-0.4, -0.2) is 31.7 Å². The first-order valence-corrected chi connectivity index (χ1v) is 6.76. The number of carbonyl (C=O) groups excluding carboxylic acids is 2. The van der Waals surface area contributed by atoms with E-state index >= 15 is 0 Å². The predicted molar refractivity (Wildman–Crippen MR) is 66.8 cm³/mol. The third-order valence-electron chi connectivity index (χ3n) is 3.08. The summed E-state index contributed by atoms with van der Waals surface area (Å²) in [4.78, 5) is 22.6. The van der Waals surface area contributed by atoms with Crippen molar-refractivity contribution in [2.24, 2.45) is 11.7 Å². The first-order valence-electron chi connectivity index (χ1n) is 6.76. The monoisotopic (exact) mass is 257 g/mol. The van der Waals surface area contributed by atoms with Crippen molar-refractivity contribution in [1.82, 2.24) is 0 Å². The van der Waals surface area contributed by atoms with E-state index in [1.54, 1.807) is 0 Å². The van der Waals surface area contributed by atoms with Gasteiger partial charge in [0.05, 0.1) is 25.6 Å². The molecule has 0 aromatic heterocycles. The highest BCUT2D eigenvalue weighted by Crippen LogP contribution is 2.24. The van der Waals surface area contributed by atoms with Gasteiger partial charge in [0.25, 0.3) is 0 Å². The molecule has 18 heavy (non-hydrogen) atoms. The van der Waals surface area contributed by atoms with Crippen LogP contribution in [0.25, 0.3) is 0 Å². The average Bonchev–Trinajstić information content (AvgIpc) is 2.39. The van der Waals surface area contributed by atoms with E-state index in [4.69, 9.17) is 15.2 Å². The molecule has 0 amide bonds. The van der Waals surface area contributed by atoms with Gasteiger partial charge in [-0.15, -0.1) is 0 Å². The number of hydrogen-bond donors (Lipinski definition) is 1. The van der Waals surface area contributed by atoms with Gasteiger partial charge in [-0.1, -0.05) is 19.3 Å². The molecule has 1 aliphatic rings. The highest BCUT2D eigenvalue weighted by Gasteiger charge is 2.22. The Hall–Kier alpha value is -1.10. The highest BCUT2D eigenvalue weighted by atomic mass is 16.5. The summed E-state index contributed by atoms with van der Waals surface area (Å²) in [5.74, 6) is -0.308. The SMILES string of the molecule is NCCC(=O)OCCCOC(=O)C1CCCCC1. The molecular formula is C13H23NO4. The predicted octanol–water partition coefficient (Wildman–Crippen LogP) is 1.39. The van der Waals surface area contributed by atoms with E-state index < -0.39 is 0 Å². The standard InChI is InChI=1S/C13H23NO4/c14-8-7-12(15)17-9-4-10-18-13(16)11-5-2-1-3-6-11/h11H,1-10,14H2. The summed E-state index contributed by atoms with van der Waals surface area (Å²) in [6.45, 7) is 0.914. The zero-order valence-electron chi connectivity index (χ0n) is 10.9. The molecule has 104 valence electrons. The van der Waals surface area contributed by atoms with Crippen LogP contribution >= 0.6 is 0 Å². The fourth-order valence-corrected chi connectivity index (χ4v) is 2.06. The van der Waals surface area contributed by atoms with Crippen LogP contribution in [0.15, 0.2) is 0 Å². The Bertz CT molecular complexity index is 262. The Morgan fingerprint density at radius 3 is 2.39 bits per heavy atom. The van der Waals surface area contributed by atoms with Gasteiger partial charge in [0.1, 0.15) is 0 Å². The molecular weight excluding hydrogens is 234 g/mol. The summed E-state index contributed by atoms with van der Waals surface area (Å²) in [7, 11) is 0. The third kappa shape index (κ3) is 6.00. The summed E-state index contributed by atoms with van der Waals surface area (Å²) in [6, 6.07) is 0. The maximum Gasteiger partial charge on any atom is 0.308 e.